The Bertz CT molecular complexity index is 381. The average molecular weight is 237 g/mol. The summed E-state index contributed by atoms with van der Waals surface area (Å²) >= 11 is 0. The minimum atomic E-state index is -0.621. The van der Waals surface area contributed by atoms with Gasteiger partial charge in [0, 0.05) is 13.2 Å². The summed E-state index contributed by atoms with van der Waals surface area (Å²) in [7, 11) is 2.90. The number of ether oxygens (including phenoxy) is 1. The van der Waals surface area contributed by atoms with E-state index in [-0.39, 0.29) is 12.5 Å². The minimum Gasteiger partial charge on any atom is -0.453 e. The van der Waals surface area contributed by atoms with Gasteiger partial charge in [-0.05, 0) is 12.1 Å². The van der Waals surface area contributed by atoms with Gasteiger partial charge in [-0.1, -0.05) is 6.07 Å². The Balaban J connectivity index is 2.40. The summed E-state index contributed by atoms with van der Waals surface area (Å²) in [6.45, 7) is 0.318. The molecule has 0 saturated carbocycles. The summed E-state index contributed by atoms with van der Waals surface area (Å²) in [4.78, 5) is 28.0. The maximum Gasteiger partial charge on any atom is 0.407 e. The maximum absolute atomic E-state index is 11.6. The van der Waals surface area contributed by atoms with Gasteiger partial charge in [-0.2, -0.15) is 0 Å². The molecule has 0 spiro atoms. The van der Waals surface area contributed by atoms with Crippen molar-refractivity contribution in [2.24, 2.45) is 0 Å². The molecule has 6 nitrogen and oxygen atoms in total. The molecule has 1 aromatic heterocycles. The van der Waals surface area contributed by atoms with E-state index in [1.807, 2.05) is 18.2 Å². The third-order valence-electron chi connectivity index (χ3n) is 2.12. The van der Waals surface area contributed by atoms with Crippen LogP contribution in [-0.2, 0) is 16.1 Å². The third-order valence-corrected chi connectivity index (χ3v) is 2.12. The first kappa shape index (κ1) is 13.0. The second kappa shape index (κ2) is 6.47. The molecule has 0 saturated heterocycles. The molecular formula is C11H15N3O3. The normalized spacial score (nSPS) is 9.53. The molecular weight excluding hydrogens is 222 g/mol. The first-order chi connectivity index (χ1) is 8.13. The van der Waals surface area contributed by atoms with Gasteiger partial charge in [0.25, 0.3) is 0 Å². The molecule has 92 valence electrons. The van der Waals surface area contributed by atoms with Crippen molar-refractivity contribution >= 4 is 12.0 Å². The lowest BCUT2D eigenvalue weighted by atomic mass is 10.3. The number of hydrogen-bond acceptors (Lipinski definition) is 4. The molecule has 1 aromatic rings. The number of nitrogens with one attached hydrogen (secondary N) is 1. The standard InChI is InChI=1S/C11H15N3O3/c1-14(8-9-5-3-4-6-12-9)10(15)7-13-11(16)17-2/h3-6H,7-8H2,1-2H3,(H,13,16). The van der Waals surface area contributed by atoms with E-state index in [1.54, 1.807) is 13.2 Å². The summed E-state index contributed by atoms with van der Waals surface area (Å²) in [5, 5.41) is 2.33. The summed E-state index contributed by atoms with van der Waals surface area (Å²) < 4.78 is 4.37. The molecule has 1 heterocycles. The van der Waals surface area contributed by atoms with Gasteiger partial charge in [-0.3, -0.25) is 9.78 Å². The predicted molar refractivity (Wildman–Crippen MR) is 61.1 cm³/mol. The average Bonchev–Trinajstić information content (AvgIpc) is 2.36. The molecule has 0 bridgehead atoms. The number of methoxy groups -OCH3 is 1. The van der Waals surface area contributed by atoms with E-state index in [1.165, 1.54) is 12.0 Å². The van der Waals surface area contributed by atoms with Crippen LogP contribution in [0.1, 0.15) is 5.69 Å². The van der Waals surface area contributed by atoms with E-state index in [0.717, 1.165) is 5.69 Å². The molecule has 1 N–H and O–H groups in total. The maximum atomic E-state index is 11.6. The first-order valence-electron chi connectivity index (χ1n) is 5.09. The number of alkyl carbamates (subject to hydrolysis) is 1. The molecule has 1 rings (SSSR count). The summed E-state index contributed by atoms with van der Waals surface area (Å²) in [6.07, 6.45) is 1.05. The van der Waals surface area contributed by atoms with Crippen molar-refractivity contribution < 1.29 is 14.3 Å². The highest BCUT2D eigenvalue weighted by Gasteiger charge is 2.10. The number of pyridine rings is 1. The Morgan fingerprint density at radius 2 is 2.24 bits per heavy atom. The number of carbonyl (C=O) groups is 2. The largest absolute Gasteiger partial charge is 0.453 e. The molecule has 0 radical (unpaired) electrons. The second-order valence-electron chi connectivity index (χ2n) is 3.42. The van der Waals surface area contributed by atoms with Gasteiger partial charge in [-0.25, -0.2) is 4.79 Å². The zero-order valence-electron chi connectivity index (χ0n) is 9.84. The van der Waals surface area contributed by atoms with Crippen LogP contribution in [0.15, 0.2) is 24.4 Å². The number of hydrogen-bond donors (Lipinski definition) is 1. The van der Waals surface area contributed by atoms with Crippen molar-refractivity contribution in [3.05, 3.63) is 30.1 Å². The fourth-order valence-corrected chi connectivity index (χ4v) is 1.18. The summed E-state index contributed by atoms with van der Waals surface area (Å²) in [5.41, 5.74) is 0.793. The Kier molecular flexibility index (Phi) is 4.93. The smallest absolute Gasteiger partial charge is 0.407 e. The zero-order chi connectivity index (χ0) is 12.7. The molecule has 0 aliphatic heterocycles. The van der Waals surface area contributed by atoms with Crippen molar-refractivity contribution in [1.29, 1.82) is 0 Å². The third kappa shape index (κ3) is 4.50. The molecule has 0 aliphatic rings. The van der Waals surface area contributed by atoms with Crippen molar-refractivity contribution in [3.63, 3.8) is 0 Å². The molecule has 0 fully saturated rings. The fourth-order valence-electron chi connectivity index (χ4n) is 1.18. The van der Waals surface area contributed by atoms with Gasteiger partial charge in [0.15, 0.2) is 0 Å². The van der Waals surface area contributed by atoms with Gasteiger partial charge in [-0.15, -0.1) is 0 Å². The molecule has 0 aromatic carbocycles. The number of rotatable bonds is 4. The van der Waals surface area contributed by atoms with E-state index in [4.69, 9.17) is 0 Å². The molecule has 0 aliphatic carbocycles. The van der Waals surface area contributed by atoms with E-state index >= 15 is 0 Å². The lowest BCUT2D eigenvalue weighted by Crippen LogP contribution is -2.37. The van der Waals surface area contributed by atoms with Crippen molar-refractivity contribution in [3.8, 4) is 0 Å². The first-order valence-corrected chi connectivity index (χ1v) is 5.09. The Labute approximate surface area is 99.6 Å². The minimum absolute atomic E-state index is 0.0873. The Morgan fingerprint density at radius 3 is 2.82 bits per heavy atom. The lowest BCUT2D eigenvalue weighted by Gasteiger charge is -2.16. The van der Waals surface area contributed by atoms with Crippen LogP contribution in [0.5, 0.6) is 0 Å². The van der Waals surface area contributed by atoms with Crippen LogP contribution in [0.25, 0.3) is 0 Å². The molecule has 2 amide bonds. The van der Waals surface area contributed by atoms with E-state index < -0.39 is 6.09 Å². The van der Waals surface area contributed by atoms with E-state index in [0.29, 0.717) is 6.54 Å². The van der Waals surface area contributed by atoms with Crippen molar-refractivity contribution in [2.75, 3.05) is 20.7 Å². The van der Waals surface area contributed by atoms with E-state index in [9.17, 15) is 9.59 Å². The Morgan fingerprint density at radius 1 is 1.47 bits per heavy atom. The van der Waals surface area contributed by atoms with Gasteiger partial charge in [0.05, 0.1) is 19.3 Å². The van der Waals surface area contributed by atoms with Crippen LogP contribution >= 0.6 is 0 Å². The predicted octanol–water partition coefficient (Wildman–Crippen LogP) is 0.396. The van der Waals surface area contributed by atoms with Crippen molar-refractivity contribution in [1.82, 2.24) is 15.2 Å². The lowest BCUT2D eigenvalue weighted by molar-refractivity contribution is -0.129. The van der Waals surface area contributed by atoms with Gasteiger partial charge in [0.2, 0.25) is 5.91 Å². The van der Waals surface area contributed by atoms with Crippen LogP contribution in [0.3, 0.4) is 0 Å². The van der Waals surface area contributed by atoms with E-state index in [2.05, 4.69) is 15.0 Å². The molecule has 17 heavy (non-hydrogen) atoms. The highest BCUT2D eigenvalue weighted by Crippen LogP contribution is 1.98. The highest BCUT2D eigenvalue weighted by atomic mass is 16.5. The molecule has 0 atom stereocenters. The van der Waals surface area contributed by atoms with Crippen LogP contribution in [0, 0.1) is 0 Å². The zero-order valence-corrected chi connectivity index (χ0v) is 9.84. The summed E-state index contributed by atoms with van der Waals surface area (Å²) in [6, 6.07) is 5.50. The van der Waals surface area contributed by atoms with Crippen molar-refractivity contribution in [2.45, 2.75) is 6.54 Å². The molecule has 0 unspecified atom stereocenters. The van der Waals surface area contributed by atoms with Crippen LogP contribution in [0.4, 0.5) is 4.79 Å². The number of aromatic nitrogens is 1. The SMILES string of the molecule is COC(=O)NCC(=O)N(C)Cc1ccccn1. The highest BCUT2D eigenvalue weighted by molar-refractivity contribution is 5.81. The number of likely N-dealkylation sites (N-methyl/N-ethyl adjacent to an activating group) is 1. The monoisotopic (exact) mass is 237 g/mol. The fraction of sp³-hybridized carbons (Fsp3) is 0.364. The van der Waals surface area contributed by atoms with Gasteiger partial charge < -0.3 is 15.0 Å². The quantitative estimate of drug-likeness (QED) is 0.822. The van der Waals surface area contributed by atoms with Gasteiger partial charge in [0.1, 0.15) is 6.54 Å². The number of nitrogens with zero attached hydrogens (tertiary/aromatic N) is 2. The van der Waals surface area contributed by atoms with Crippen LogP contribution < -0.4 is 5.32 Å². The Hall–Kier alpha value is -2.11. The number of amides is 2. The van der Waals surface area contributed by atoms with Gasteiger partial charge >= 0.3 is 6.09 Å². The van der Waals surface area contributed by atoms with Crippen LogP contribution in [-0.4, -0.2) is 42.6 Å². The van der Waals surface area contributed by atoms with Crippen LogP contribution in [0.2, 0.25) is 0 Å². The number of carbonyl (C=O) groups excluding carboxylic acids is 2. The second-order valence-corrected chi connectivity index (χ2v) is 3.42. The summed E-state index contributed by atoms with van der Waals surface area (Å²) in [5.74, 6) is -0.207. The molecule has 6 heteroatoms. The topological polar surface area (TPSA) is 71.5 Å².